The minimum Gasteiger partial charge on any atom is -0.366 e. The summed E-state index contributed by atoms with van der Waals surface area (Å²) in [5.74, 6) is 1.60. The molecule has 0 aliphatic rings. The SMILES string of the molecule is Cc1nccc(NCc2ccccc2CN)n1. The maximum Gasteiger partial charge on any atom is 0.129 e. The number of rotatable bonds is 4. The molecule has 1 aromatic carbocycles. The van der Waals surface area contributed by atoms with Crippen molar-refractivity contribution in [2.24, 2.45) is 5.73 Å². The summed E-state index contributed by atoms with van der Waals surface area (Å²) in [6.45, 7) is 3.16. The summed E-state index contributed by atoms with van der Waals surface area (Å²) in [5.41, 5.74) is 8.05. The second kappa shape index (κ2) is 5.41. The van der Waals surface area contributed by atoms with E-state index >= 15 is 0 Å². The van der Waals surface area contributed by atoms with Crippen LogP contribution in [0.3, 0.4) is 0 Å². The van der Waals surface area contributed by atoms with Crippen LogP contribution in [0.4, 0.5) is 5.82 Å². The molecule has 88 valence electrons. The van der Waals surface area contributed by atoms with Crippen LogP contribution >= 0.6 is 0 Å². The second-order valence-corrected chi connectivity index (χ2v) is 3.82. The molecule has 1 aromatic heterocycles. The number of aromatic nitrogens is 2. The van der Waals surface area contributed by atoms with E-state index in [-0.39, 0.29) is 0 Å². The smallest absolute Gasteiger partial charge is 0.129 e. The van der Waals surface area contributed by atoms with E-state index in [4.69, 9.17) is 5.73 Å². The molecule has 0 spiro atoms. The molecule has 2 rings (SSSR count). The summed E-state index contributed by atoms with van der Waals surface area (Å²) in [6, 6.07) is 9.99. The van der Waals surface area contributed by atoms with Crippen molar-refractivity contribution in [1.82, 2.24) is 9.97 Å². The molecule has 4 heteroatoms. The zero-order valence-corrected chi connectivity index (χ0v) is 9.85. The fraction of sp³-hybridized carbons (Fsp3) is 0.231. The Morgan fingerprint density at radius 3 is 2.65 bits per heavy atom. The average Bonchev–Trinajstić information content (AvgIpc) is 2.37. The van der Waals surface area contributed by atoms with E-state index in [2.05, 4.69) is 21.4 Å². The lowest BCUT2D eigenvalue weighted by Gasteiger charge is -2.09. The number of hydrogen-bond acceptors (Lipinski definition) is 4. The molecular weight excluding hydrogens is 212 g/mol. The highest BCUT2D eigenvalue weighted by Gasteiger charge is 2.00. The van der Waals surface area contributed by atoms with E-state index in [1.54, 1.807) is 6.20 Å². The van der Waals surface area contributed by atoms with Crippen LogP contribution in [0.25, 0.3) is 0 Å². The number of nitrogens with two attached hydrogens (primary N) is 1. The monoisotopic (exact) mass is 228 g/mol. The second-order valence-electron chi connectivity index (χ2n) is 3.82. The molecule has 0 bridgehead atoms. The van der Waals surface area contributed by atoms with E-state index < -0.39 is 0 Å². The van der Waals surface area contributed by atoms with Crippen LogP contribution in [0.2, 0.25) is 0 Å². The minimum atomic E-state index is 0.556. The summed E-state index contributed by atoms with van der Waals surface area (Å²) in [5, 5.41) is 3.27. The summed E-state index contributed by atoms with van der Waals surface area (Å²) in [7, 11) is 0. The lowest BCUT2D eigenvalue weighted by Crippen LogP contribution is -2.07. The number of anilines is 1. The molecule has 3 N–H and O–H groups in total. The van der Waals surface area contributed by atoms with Crippen molar-refractivity contribution in [3.63, 3.8) is 0 Å². The van der Waals surface area contributed by atoms with Gasteiger partial charge >= 0.3 is 0 Å². The molecule has 0 fully saturated rings. The van der Waals surface area contributed by atoms with E-state index in [1.807, 2.05) is 31.2 Å². The van der Waals surface area contributed by atoms with E-state index in [0.29, 0.717) is 6.54 Å². The van der Waals surface area contributed by atoms with Crippen molar-refractivity contribution < 1.29 is 0 Å². The molecule has 0 aliphatic heterocycles. The highest BCUT2D eigenvalue weighted by molar-refractivity contribution is 5.36. The molecule has 0 unspecified atom stereocenters. The van der Waals surface area contributed by atoms with Gasteiger partial charge in [-0.2, -0.15) is 0 Å². The third-order valence-corrected chi connectivity index (χ3v) is 2.57. The van der Waals surface area contributed by atoms with Gasteiger partial charge in [-0.3, -0.25) is 0 Å². The Morgan fingerprint density at radius 1 is 1.18 bits per heavy atom. The van der Waals surface area contributed by atoms with Gasteiger partial charge in [-0.25, -0.2) is 9.97 Å². The first-order chi connectivity index (χ1) is 8.29. The van der Waals surface area contributed by atoms with Gasteiger partial charge in [0.15, 0.2) is 0 Å². The van der Waals surface area contributed by atoms with Crippen LogP contribution in [0.15, 0.2) is 36.5 Å². The summed E-state index contributed by atoms with van der Waals surface area (Å²) in [4.78, 5) is 8.35. The Balaban J connectivity index is 2.07. The number of aryl methyl sites for hydroxylation is 1. The Labute approximate surface area is 101 Å². The molecule has 17 heavy (non-hydrogen) atoms. The molecule has 0 radical (unpaired) electrons. The lowest BCUT2D eigenvalue weighted by atomic mass is 10.1. The Bertz CT molecular complexity index is 496. The average molecular weight is 228 g/mol. The van der Waals surface area contributed by atoms with Gasteiger partial charge < -0.3 is 11.1 Å². The van der Waals surface area contributed by atoms with Crippen LogP contribution in [0, 0.1) is 6.92 Å². The van der Waals surface area contributed by atoms with Gasteiger partial charge in [0.1, 0.15) is 11.6 Å². The Morgan fingerprint density at radius 2 is 1.94 bits per heavy atom. The van der Waals surface area contributed by atoms with Crippen molar-refractivity contribution in [1.29, 1.82) is 0 Å². The topological polar surface area (TPSA) is 63.8 Å². The molecule has 0 aliphatic carbocycles. The van der Waals surface area contributed by atoms with Crippen molar-refractivity contribution in [2.45, 2.75) is 20.0 Å². The van der Waals surface area contributed by atoms with E-state index in [9.17, 15) is 0 Å². The van der Waals surface area contributed by atoms with Gasteiger partial charge in [0.2, 0.25) is 0 Å². The van der Waals surface area contributed by atoms with Crippen molar-refractivity contribution in [3.8, 4) is 0 Å². The number of nitrogens with zero attached hydrogens (tertiary/aromatic N) is 2. The first kappa shape index (κ1) is 11.5. The molecular formula is C13H16N4. The highest BCUT2D eigenvalue weighted by atomic mass is 15.0. The van der Waals surface area contributed by atoms with Crippen molar-refractivity contribution >= 4 is 5.82 Å². The zero-order chi connectivity index (χ0) is 12.1. The van der Waals surface area contributed by atoms with Gasteiger partial charge in [-0.15, -0.1) is 0 Å². The number of hydrogen-bond donors (Lipinski definition) is 2. The fourth-order valence-electron chi connectivity index (χ4n) is 1.67. The first-order valence-electron chi connectivity index (χ1n) is 5.60. The maximum atomic E-state index is 5.69. The number of benzene rings is 1. The van der Waals surface area contributed by atoms with Crippen LogP contribution in [-0.4, -0.2) is 9.97 Å². The first-order valence-corrected chi connectivity index (χ1v) is 5.60. The fourth-order valence-corrected chi connectivity index (χ4v) is 1.67. The van der Waals surface area contributed by atoms with Crippen LogP contribution in [0.1, 0.15) is 17.0 Å². The van der Waals surface area contributed by atoms with Crippen LogP contribution in [-0.2, 0) is 13.1 Å². The van der Waals surface area contributed by atoms with Crippen LogP contribution < -0.4 is 11.1 Å². The minimum absolute atomic E-state index is 0.556. The zero-order valence-electron chi connectivity index (χ0n) is 9.85. The maximum absolute atomic E-state index is 5.69. The van der Waals surface area contributed by atoms with Crippen molar-refractivity contribution in [2.75, 3.05) is 5.32 Å². The summed E-state index contributed by atoms with van der Waals surface area (Å²) < 4.78 is 0. The standard InChI is InChI=1S/C13H16N4/c1-10-15-7-6-13(17-10)16-9-12-5-3-2-4-11(12)8-14/h2-7H,8-9,14H2,1H3,(H,15,16,17). The van der Waals surface area contributed by atoms with Crippen molar-refractivity contribution in [3.05, 3.63) is 53.5 Å². The largest absolute Gasteiger partial charge is 0.366 e. The third-order valence-electron chi connectivity index (χ3n) is 2.57. The molecule has 1 heterocycles. The van der Waals surface area contributed by atoms with Gasteiger partial charge in [-0.05, 0) is 24.1 Å². The molecule has 2 aromatic rings. The van der Waals surface area contributed by atoms with Gasteiger partial charge in [0.05, 0.1) is 0 Å². The summed E-state index contributed by atoms with van der Waals surface area (Å²) >= 11 is 0. The van der Waals surface area contributed by atoms with E-state index in [0.717, 1.165) is 23.8 Å². The van der Waals surface area contributed by atoms with Gasteiger partial charge in [0, 0.05) is 19.3 Å². The quantitative estimate of drug-likeness (QED) is 0.838. The molecule has 0 saturated carbocycles. The predicted octanol–water partition coefficient (Wildman–Crippen LogP) is 1.86. The predicted molar refractivity (Wildman–Crippen MR) is 68.4 cm³/mol. The Kier molecular flexibility index (Phi) is 3.67. The third kappa shape index (κ3) is 3.01. The lowest BCUT2D eigenvalue weighted by molar-refractivity contribution is 0.986. The molecule has 0 atom stereocenters. The normalized spacial score (nSPS) is 10.2. The molecule has 0 amide bonds. The molecule has 0 saturated heterocycles. The molecule has 4 nitrogen and oxygen atoms in total. The van der Waals surface area contributed by atoms with E-state index in [1.165, 1.54) is 5.56 Å². The summed E-state index contributed by atoms with van der Waals surface area (Å²) in [6.07, 6.45) is 1.75. The van der Waals surface area contributed by atoms with Gasteiger partial charge in [-0.1, -0.05) is 24.3 Å². The van der Waals surface area contributed by atoms with Crippen LogP contribution in [0.5, 0.6) is 0 Å². The Hall–Kier alpha value is -1.94. The highest BCUT2D eigenvalue weighted by Crippen LogP contribution is 2.10. The number of nitrogens with one attached hydrogen (secondary N) is 1. The van der Waals surface area contributed by atoms with Gasteiger partial charge in [0.25, 0.3) is 0 Å².